The average molecular weight is 604 g/mol. The van der Waals surface area contributed by atoms with E-state index in [-0.39, 0.29) is 36.3 Å². The Morgan fingerprint density at radius 2 is 1.62 bits per heavy atom. The Hall–Kier alpha value is -4.54. The van der Waals surface area contributed by atoms with E-state index in [0.29, 0.717) is 11.2 Å². The lowest BCUT2D eigenvalue weighted by molar-refractivity contribution is -0.275. The lowest BCUT2D eigenvalue weighted by Crippen LogP contribution is -2.43. The third-order valence-electron chi connectivity index (χ3n) is 8.21. The Morgan fingerprint density at radius 3 is 2.36 bits per heavy atom. The number of anilines is 1. The van der Waals surface area contributed by atoms with E-state index in [1.807, 2.05) is 97.2 Å². The second kappa shape index (κ2) is 14.0. The van der Waals surface area contributed by atoms with Gasteiger partial charge in [0.05, 0.1) is 36.0 Å². The van der Waals surface area contributed by atoms with E-state index in [1.54, 1.807) is 0 Å². The number of para-hydroxylation sites is 2. The van der Waals surface area contributed by atoms with Crippen molar-refractivity contribution >= 4 is 22.6 Å². The molecule has 45 heavy (non-hydrogen) atoms. The number of pyridine rings is 1. The summed E-state index contributed by atoms with van der Waals surface area (Å²) in [7, 11) is 2.10. The van der Waals surface area contributed by atoms with Crippen molar-refractivity contribution in [3.8, 4) is 0 Å². The number of rotatable bonds is 10. The van der Waals surface area contributed by atoms with Gasteiger partial charge in [-0.3, -0.25) is 14.8 Å². The number of aliphatic hydroxyl groups is 1. The van der Waals surface area contributed by atoms with Crippen molar-refractivity contribution in [3.05, 3.63) is 131 Å². The summed E-state index contributed by atoms with van der Waals surface area (Å²) in [5.74, 6) is -0.264. The molecule has 6 rings (SSSR count). The Kier molecular flexibility index (Phi) is 9.52. The predicted octanol–water partition coefficient (Wildman–Crippen LogP) is 5.74. The van der Waals surface area contributed by atoms with Gasteiger partial charge in [-0.15, -0.1) is 0 Å². The Morgan fingerprint density at radius 1 is 0.889 bits per heavy atom. The summed E-state index contributed by atoms with van der Waals surface area (Å²) in [6.07, 6.45) is 3.24. The van der Waals surface area contributed by atoms with Gasteiger partial charge in [0.15, 0.2) is 6.29 Å². The minimum absolute atomic E-state index is 0.00683. The molecule has 0 spiro atoms. The molecule has 9 heteroatoms. The fraction of sp³-hybridized carbons (Fsp3) is 0.278. The molecule has 0 radical (unpaired) electrons. The number of fused-ring (bicyclic) bond motifs is 1. The predicted molar refractivity (Wildman–Crippen MR) is 172 cm³/mol. The number of hydrogen-bond acceptors (Lipinski definition) is 8. The van der Waals surface area contributed by atoms with Gasteiger partial charge in [0.25, 0.3) is 5.91 Å². The summed E-state index contributed by atoms with van der Waals surface area (Å²) in [6, 6.07) is 28.8. The topological polar surface area (TPSA) is 110 Å². The molecule has 3 aromatic carbocycles. The van der Waals surface area contributed by atoms with Gasteiger partial charge < -0.3 is 24.8 Å². The SMILES string of the molecule is C[C@H]1[C@@H](CN(C)CCc2ccccn2)O[C@@H](c2ccc(NC(=O)c3cnc4ccccc4n3)cc2)O[C@H]1c1ccc(CO)cc1. The zero-order valence-corrected chi connectivity index (χ0v) is 25.4. The molecule has 1 aliphatic heterocycles. The molecule has 2 aromatic heterocycles. The van der Waals surface area contributed by atoms with Gasteiger partial charge >= 0.3 is 0 Å². The second-order valence-corrected chi connectivity index (χ2v) is 11.5. The molecular weight excluding hydrogens is 566 g/mol. The van der Waals surface area contributed by atoms with E-state index in [4.69, 9.17) is 9.47 Å². The Balaban J connectivity index is 1.17. The monoisotopic (exact) mass is 603 g/mol. The van der Waals surface area contributed by atoms with E-state index in [2.05, 4.69) is 39.1 Å². The molecule has 1 amide bonds. The van der Waals surface area contributed by atoms with Crippen molar-refractivity contribution < 1.29 is 19.4 Å². The van der Waals surface area contributed by atoms with Gasteiger partial charge in [0, 0.05) is 48.6 Å². The van der Waals surface area contributed by atoms with Crippen LogP contribution < -0.4 is 5.32 Å². The number of likely N-dealkylation sites (N-methyl/N-ethyl adjacent to an activating group) is 1. The zero-order chi connectivity index (χ0) is 31.2. The number of aliphatic hydroxyl groups excluding tert-OH is 1. The number of nitrogens with zero attached hydrogens (tertiary/aromatic N) is 4. The van der Waals surface area contributed by atoms with Gasteiger partial charge in [0.1, 0.15) is 5.69 Å². The normalized spacial score (nSPS) is 19.9. The number of carbonyl (C=O) groups excluding carboxylic acids is 1. The largest absolute Gasteiger partial charge is 0.392 e. The molecule has 0 bridgehead atoms. The highest BCUT2D eigenvalue weighted by Crippen LogP contribution is 2.42. The van der Waals surface area contributed by atoms with E-state index in [9.17, 15) is 9.90 Å². The van der Waals surface area contributed by atoms with Crippen molar-refractivity contribution in [1.82, 2.24) is 19.9 Å². The Bertz CT molecular complexity index is 1720. The number of ether oxygens (including phenoxy) is 2. The summed E-state index contributed by atoms with van der Waals surface area (Å²) in [6.45, 7) is 3.72. The summed E-state index contributed by atoms with van der Waals surface area (Å²) in [5, 5.41) is 12.5. The number of hydrogen-bond donors (Lipinski definition) is 2. The molecule has 4 atom stereocenters. The van der Waals surface area contributed by atoms with Gasteiger partial charge in [-0.2, -0.15) is 0 Å². The van der Waals surface area contributed by atoms with E-state index >= 15 is 0 Å². The lowest BCUT2D eigenvalue weighted by atomic mass is 9.90. The standard InChI is InChI=1S/C36H37N5O4/c1-24-33(22-41(2)20-18-28-7-5-6-19-37-28)44-36(45-34(24)26-12-10-25(23-42)11-13-26)27-14-16-29(17-15-27)39-35(43)32-21-38-30-8-3-4-9-31(30)40-32/h3-17,19,21,24,33-34,36,42H,18,20,22-23H2,1-2H3,(H,39,43)/t24-,33+,34+,36+/m0/s1. The first-order chi connectivity index (χ1) is 22.0. The van der Waals surface area contributed by atoms with Crippen molar-refractivity contribution in [1.29, 1.82) is 0 Å². The van der Waals surface area contributed by atoms with Crippen LogP contribution in [-0.4, -0.2) is 57.1 Å². The van der Waals surface area contributed by atoms with Gasteiger partial charge in [-0.05, 0) is 54.6 Å². The summed E-state index contributed by atoms with van der Waals surface area (Å²) in [4.78, 5) is 28.4. The summed E-state index contributed by atoms with van der Waals surface area (Å²) in [5.41, 5.74) is 6.08. The van der Waals surface area contributed by atoms with Crippen molar-refractivity contribution in [2.24, 2.45) is 5.92 Å². The van der Waals surface area contributed by atoms with Crippen LogP contribution in [0.15, 0.2) is 103 Å². The van der Waals surface area contributed by atoms with Crippen LogP contribution in [-0.2, 0) is 22.5 Å². The van der Waals surface area contributed by atoms with Crippen LogP contribution in [0.3, 0.4) is 0 Å². The number of carbonyl (C=O) groups is 1. The third kappa shape index (κ3) is 7.41. The maximum absolute atomic E-state index is 12.9. The van der Waals surface area contributed by atoms with Crippen LogP contribution in [0, 0.1) is 5.92 Å². The molecular formula is C36H37N5O4. The third-order valence-corrected chi connectivity index (χ3v) is 8.21. The maximum Gasteiger partial charge on any atom is 0.275 e. The Labute approximate surface area is 262 Å². The number of amides is 1. The fourth-order valence-electron chi connectivity index (χ4n) is 5.56. The highest BCUT2D eigenvalue weighted by Gasteiger charge is 2.38. The van der Waals surface area contributed by atoms with Crippen LogP contribution in [0.1, 0.15) is 52.2 Å². The van der Waals surface area contributed by atoms with Gasteiger partial charge in [-0.25, -0.2) is 4.98 Å². The number of benzene rings is 3. The second-order valence-electron chi connectivity index (χ2n) is 11.5. The summed E-state index contributed by atoms with van der Waals surface area (Å²) < 4.78 is 13.2. The maximum atomic E-state index is 12.9. The van der Waals surface area contributed by atoms with Crippen LogP contribution in [0.2, 0.25) is 0 Å². The minimum atomic E-state index is -0.603. The zero-order valence-electron chi connectivity index (χ0n) is 25.4. The van der Waals surface area contributed by atoms with Crippen molar-refractivity contribution in [2.75, 3.05) is 25.5 Å². The number of aromatic nitrogens is 3. The lowest BCUT2D eigenvalue weighted by Gasteiger charge is -2.42. The van der Waals surface area contributed by atoms with Crippen molar-refractivity contribution in [3.63, 3.8) is 0 Å². The van der Waals surface area contributed by atoms with Crippen LogP contribution >= 0.6 is 0 Å². The molecule has 230 valence electrons. The molecule has 3 heterocycles. The molecule has 1 aliphatic rings. The first-order valence-electron chi connectivity index (χ1n) is 15.2. The van der Waals surface area contributed by atoms with Crippen LogP contribution in [0.5, 0.6) is 0 Å². The molecule has 5 aromatic rings. The quantitative estimate of drug-likeness (QED) is 0.208. The van der Waals surface area contributed by atoms with E-state index in [1.165, 1.54) is 6.20 Å². The first-order valence-corrected chi connectivity index (χ1v) is 15.2. The van der Waals surface area contributed by atoms with Crippen molar-refractivity contribution in [2.45, 2.75) is 38.4 Å². The molecule has 1 saturated heterocycles. The highest BCUT2D eigenvalue weighted by atomic mass is 16.7. The molecule has 0 unspecified atom stereocenters. The van der Waals surface area contributed by atoms with E-state index < -0.39 is 6.29 Å². The van der Waals surface area contributed by atoms with Crippen LogP contribution in [0.4, 0.5) is 5.69 Å². The molecule has 2 N–H and O–H groups in total. The molecule has 9 nitrogen and oxygen atoms in total. The van der Waals surface area contributed by atoms with Gasteiger partial charge in [-0.1, -0.05) is 61.5 Å². The fourth-order valence-corrected chi connectivity index (χ4v) is 5.56. The highest BCUT2D eigenvalue weighted by molar-refractivity contribution is 6.03. The van der Waals surface area contributed by atoms with E-state index in [0.717, 1.165) is 47.4 Å². The smallest absolute Gasteiger partial charge is 0.275 e. The number of nitrogens with one attached hydrogen (secondary N) is 1. The molecule has 0 aliphatic carbocycles. The molecule has 0 saturated carbocycles. The minimum Gasteiger partial charge on any atom is -0.392 e. The molecule has 1 fully saturated rings. The summed E-state index contributed by atoms with van der Waals surface area (Å²) >= 11 is 0. The average Bonchev–Trinajstić information content (AvgIpc) is 3.09. The van der Waals surface area contributed by atoms with Crippen LogP contribution in [0.25, 0.3) is 11.0 Å². The van der Waals surface area contributed by atoms with Gasteiger partial charge in [0.2, 0.25) is 0 Å². The first kappa shape index (κ1) is 30.5.